The van der Waals surface area contributed by atoms with Crippen molar-refractivity contribution < 1.29 is 0 Å². The normalized spacial score (nSPS) is 27.7. The SMILES string of the molecule is CC(C)CC(CC(C)C)C1CC1C. The van der Waals surface area contributed by atoms with Crippen LogP contribution in [0.1, 0.15) is 53.9 Å². The molecular formula is C13H26. The number of rotatable bonds is 5. The first-order valence-corrected chi connectivity index (χ1v) is 6.00. The zero-order chi connectivity index (χ0) is 10.0. The van der Waals surface area contributed by atoms with E-state index >= 15 is 0 Å². The van der Waals surface area contributed by atoms with Crippen LogP contribution in [-0.2, 0) is 0 Å². The molecule has 78 valence electrons. The summed E-state index contributed by atoms with van der Waals surface area (Å²) in [7, 11) is 0. The summed E-state index contributed by atoms with van der Waals surface area (Å²) in [6.45, 7) is 11.9. The lowest BCUT2D eigenvalue weighted by Gasteiger charge is -2.20. The van der Waals surface area contributed by atoms with Crippen LogP contribution in [0.25, 0.3) is 0 Å². The summed E-state index contributed by atoms with van der Waals surface area (Å²) in [5, 5.41) is 0. The van der Waals surface area contributed by atoms with E-state index in [1.54, 1.807) is 0 Å². The molecule has 1 saturated carbocycles. The van der Waals surface area contributed by atoms with Crippen LogP contribution < -0.4 is 0 Å². The standard InChI is InChI=1S/C13H26/c1-9(2)6-12(7-10(3)4)13-8-11(13)5/h9-13H,6-8H2,1-5H3. The van der Waals surface area contributed by atoms with Crippen LogP contribution >= 0.6 is 0 Å². The van der Waals surface area contributed by atoms with Crippen molar-refractivity contribution in [1.82, 2.24) is 0 Å². The highest BCUT2D eigenvalue weighted by molar-refractivity contribution is 4.88. The van der Waals surface area contributed by atoms with Gasteiger partial charge < -0.3 is 0 Å². The summed E-state index contributed by atoms with van der Waals surface area (Å²) in [4.78, 5) is 0. The zero-order valence-electron chi connectivity index (χ0n) is 10.0. The molecule has 0 heteroatoms. The van der Waals surface area contributed by atoms with Gasteiger partial charge in [0.2, 0.25) is 0 Å². The van der Waals surface area contributed by atoms with Gasteiger partial charge in [-0.1, -0.05) is 34.6 Å². The molecule has 0 aromatic carbocycles. The first-order valence-electron chi connectivity index (χ1n) is 6.00. The van der Waals surface area contributed by atoms with Crippen LogP contribution in [0.5, 0.6) is 0 Å². The molecule has 0 N–H and O–H groups in total. The van der Waals surface area contributed by atoms with E-state index in [9.17, 15) is 0 Å². The topological polar surface area (TPSA) is 0 Å². The smallest absolute Gasteiger partial charge is 0.0357 e. The minimum absolute atomic E-state index is 0.886. The quantitative estimate of drug-likeness (QED) is 0.593. The average Bonchev–Trinajstić information content (AvgIpc) is 2.63. The summed E-state index contributed by atoms with van der Waals surface area (Å²) >= 11 is 0. The first kappa shape index (κ1) is 11.1. The number of hydrogen-bond donors (Lipinski definition) is 0. The third-order valence-corrected chi connectivity index (χ3v) is 3.33. The van der Waals surface area contributed by atoms with Gasteiger partial charge in [-0.25, -0.2) is 0 Å². The van der Waals surface area contributed by atoms with Crippen molar-refractivity contribution in [3.05, 3.63) is 0 Å². The second kappa shape index (κ2) is 4.48. The molecule has 0 aromatic rings. The van der Waals surface area contributed by atoms with Gasteiger partial charge in [-0.05, 0) is 48.9 Å². The highest BCUT2D eigenvalue weighted by Gasteiger charge is 2.39. The molecule has 1 aliphatic carbocycles. The van der Waals surface area contributed by atoms with E-state index in [1.807, 2.05) is 0 Å². The Bertz CT molecular complexity index is 136. The van der Waals surface area contributed by atoms with E-state index in [0.717, 1.165) is 29.6 Å². The monoisotopic (exact) mass is 182 g/mol. The Hall–Kier alpha value is 0. The molecule has 2 unspecified atom stereocenters. The molecule has 0 heterocycles. The van der Waals surface area contributed by atoms with Crippen LogP contribution in [0.15, 0.2) is 0 Å². The lowest BCUT2D eigenvalue weighted by atomic mass is 9.85. The Labute approximate surface area is 84.1 Å². The van der Waals surface area contributed by atoms with Crippen molar-refractivity contribution in [2.24, 2.45) is 29.6 Å². The Morgan fingerprint density at radius 2 is 1.38 bits per heavy atom. The lowest BCUT2D eigenvalue weighted by Crippen LogP contribution is -2.11. The fourth-order valence-corrected chi connectivity index (χ4v) is 2.66. The van der Waals surface area contributed by atoms with Gasteiger partial charge in [-0.3, -0.25) is 0 Å². The Morgan fingerprint density at radius 1 is 1.00 bits per heavy atom. The minimum atomic E-state index is 0.886. The largest absolute Gasteiger partial charge is 0.0628 e. The summed E-state index contributed by atoms with van der Waals surface area (Å²) in [6, 6.07) is 0. The van der Waals surface area contributed by atoms with Gasteiger partial charge in [0, 0.05) is 0 Å². The van der Waals surface area contributed by atoms with Crippen molar-refractivity contribution >= 4 is 0 Å². The summed E-state index contributed by atoms with van der Waals surface area (Å²) < 4.78 is 0. The van der Waals surface area contributed by atoms with Crippen LogP contribution in [-0.4, -0.2) is 0 Å². The molecule has 0 saturated heterocycles. The summed E-state index contributed by atoms with van der Waals surface area (Å²) in [6.07, 6.45) is 4.41. The van der Waals surface area contributed by atoms with Crippen molar-refractivity contribution in [2.75, 3.05) is 0 Å². The molecule has 13 heavy (non-hydrogen) atoms. The fourth-order valence-electron chi connectivity index (χ4n) is 2.66. The van der Waals surface area contributed by atoms with E-state index < -0.39 is 0 Å². The maximum Gasteiger partial charge on any atom is -0.0357 e. The first-order chi connectivity index (χ1) is 6.00. The molecule has 0 spiro atoms. The molecule has 1 fully saturated rings. The molecule has 1 rings (SSSR count). The molecule has 0 radical (unpaired) electrons. The Balaban J connectivity index is 2.35. The van der Waals surface area contributed by atoms with Crippen molar-refractivity contribution in [3.63, 3.8) is 0 Å². The lowest BCUT2D eigenvalue weighted by molar-refractivity contribution is 0.300. The Kier molecular flexibility index (Phi) is 3.82. The van der Waals surface area contributed by atoms with Crippen LogP contribution in [0.4, 0.5) is 0 Å². The van der Waals surface area contributed by atoms with E-state index in [-0.39, 0.29) is 0 Å². The highest BCUT2D eigenvalue weighted by Crippen LogP contribution is 2.48. The van der Waals surface area contributed by atoms with E-state index in [1.165, 1.54) is 19.3 Å². The van der Waals surface area contributed by atoms with Gasteiger partial charge in [-0.2, -0.15) is 0 Å². The van der Waals surface area contributed by atoms with Crippen LogP contribution in [0.3, 0.4) is 0 Å². The second-order valence-electron chi connectivity index (χ2n) is 5.90. The predicted molar refractivity (Wildman–Crippen MR) is 59.7 cm³/mol. The van der Waals surface area contributed by atoms with E-state index in [2.05, 4.69) is 34.6 Å². The molecule has 0 nitrogen and oxygen atoms in total. The average molecular weight is 182 g/mol. The van der Waals surface area contributed by atoms with Gasteiger partial charge >= 0.3 is 0 Å². The molecule has 2 atom stereocenters. The van der Waals surface area contributed by atoms with Crippen LogP contribution in [0, 0.1) is 29.6 Å². The maximum atomic E-state index is 2.42. The summed E-state index contributed by atoms with van der Waals surface area (Å²) in [5.41, 5.74) is 0. The highest BCUT2D eigenvalue weighted by atomic mass is 14.4. The van der Waals surface area contributed by atoms with Crippen molar-refractivity contribution in [1.29, 1.82) is 0 Å². The predicted octanol–water partition coefficient (Wildman–Crippen LogP) is 4.35. The fraction of sp³-hybridized carbons (Fsp3) is 1.00. The van der Waals surface area contributed by atoms with Crippen molar-refractivity contribution in [2.45, 2.75) is 53.9 Å². The third-order valence-electron chi connectivity index (χ3n) is 3.33. The van der Waals surface area contributed by atoms with Gasteiger partial charge in [0.05, 0.1) is 0 Å². The molecule has 0 amide bonds. The van der Waals surface area contributed by atoms with Gasteiger partial charge in [0.1, 0.15) is 0 Å². The molecule has 1 aliphatic rings. The second-order valence-corrected chi connectivity index (χ2v) is 5.90. The molecule has 0 bridgehead atoms. The van der Waals surface area contributed by atoms with Gasteiger partial charge in [0.25, 0.3) is 0 Å². The Morgan fingerprint density at radius 3 is 1.62 bits per heavy atom. The van der Waals surface area contributed by atoms with E-state index in [4.69, 9.17) is 0 Å². The number of hydrogen-bond acceptors (Lipinski definition) is 0. The van der Waals surface area contributed by atoms with E-state index in [0.29, 0.717) is 0 Å². The van der Waals surface area contributed by atoms with Gasteiger partial charge in [-0.15, -0.1) is 0 Å². The zero-order valence-corrected chi connectivity index (χ0v) is 10.0. The summed E-state index contributed by atoms with van der Waals surface area (Å²) in [5.74, 6) is 4.90. The maximum absolute atomic E-state index is 2.42. The minimum Gasteiger partial charge on any atom is -0.0628 e. The van der Waals surface area contributed by atoms with Crippen LogP contribution in [0.2, 0.25) is 0 Å². The molecule has 0 aliphatic heterocycles. The molecular weight excluding hydrogens is 156 g/mol. The molecule has 0 aromatic heterocycles. The van der Waals surface area contributed by atoms with Gasteiger partial charge in [0.15, 0.2) is 0 Å². The third kappa shape index (κ3) is 3.70. The van der Waals surface area contributed by atoms with Crippen molar-refractivity contribution in [3.8, 4) is 0 Å².